The first-order chi connectivity index (χ1) is 13.2. The van der Waals surface area contributed by atoms with Crippen molar-refractivity contribution >= 4 is 35.2 Å². The standard InChI is InChI=1S/C19H23N5O2S/c1-27-16-6-4-5-15(13-16)22-18(25)14-21-19(26)24-11-9-23(10-12-24)17-7-2-3-8-20-17/h2-8,13H,9-12,14H2,1H3,(H,21,26)(H,22,25). The third-order valence-corrected chi connectivity index (χ3v) is 5.02. The van der Waals surface area contributed by atoms with Gasteiger partial charge >= 0.3 is 6.03 Å². The molecule has 142 valence electrons. The van der Waals surface area contributed by atoms with E-state index in [0.29, 0.717) is 13.1 Å². The summed E-state index contributed by atoms with van der Waals surface area (Å²) in [7, 11) is 0. The third kappa shape index (κ3) is 5.37. The molecule has 0 aliphatic carbocycles. The highest BCUT2D eigenvalue weighted by Crippen LogP contribution is 2.18. The number of anilines is 2. The molecule has 3 rings (SSSR count). The molecule has 0 atom stereocenters. The lowest BCUT2D eigenvalue weighted by Crippen LogP contribution is -2.52. The molecule has 3 amide bonds. The molecular weight excluding hydrogens is 362 g/mol. The van der Waals surface area contributed by atoms with E-state index in [1.807, 2.05) is 48.7 Å². The van der Waals surface area contributed by atoms with E-state index in [1.54, 1.807) is 22.9 Å². The number of urea groups is 1. The van der Waals surface area contributed by atoms with Gasteiger partial charge in [0.1, 0.15) is 5.82 Å². The first kappa shape index (κ1) is 19.0. The van der Waals surface area contributed by atoms with Gasteiger partial charge in [-0.05, 0) is 36.6 Å². The van der Waals surface area contributed by atoms with Crippen LogP contribution < -0.4 is 15.5 Å². The van der Waals surface area contributed by atoms with Gasteiger partial charge in [-0.3, -0.25) is 4.79 Å². The molecule has 0 spiro atoms. The van der Waals surface area contributed by atoms with Crippen molar-refractivity contribution in [2.45, 2.75) is 4.90 Å². The van der Waals surface area contributed by atoms with Crippen LogP contribution in [0.15, 0.2) is 53.6 Å². The van der Waals surface area contributed by atoms with Gasteiger partial charge in [-0.2, -0.15) is 0 Å². The van der Waals surface area contributed by atoms with Gasteiger partial charge in [0.2, 0.25) is 5.91 Å². The van der Waals surface area contributed by atoms with E-state index in [2.05, 4.69) is 20.5 Å². The minimum Gasteiger partial charge on any atom is -0.353 e. The number of nitrogens with one attached hydrogen (secondary N) is 2. The molecule has 27 heavy (non-hydrogen) atoms. The minimum absolute atomic E-state index is 0.0528. The molecule has 0 radical (unpaired) electrons. The fourth-order valence-corrected chi connectivity index (χ4v) is 3.31. The van der Waals surface area contributed by atoms with E-state index >= 15 is 0 Å². The monoisotopic (exact) mass is 385 g/mol. The summed E-state index contributed by atoms with van der Waals surface area (Å²) in [6.07, 6.45) is 3.75. The maximum Gasteiger partial charge on any atom is 0.317 e. The lowest BCUT2D eigenvalue weighted by molar-refractivity contribution is -0.115. The molecule has 7 nitrogen and oxygen atoms in total. The topological polar surface area (TPSA) is 77.6 Å². The number of hydrogen-bond donors (Lipinski definition) is 2. The van der Waals surface area contributed by atoms with Crippen molar-refractivity contribution in [2.24, 2.45) is 0 Å². The summed E-state index contributed by atoms with van der Waals surface area (Å²) in [4.78, 5) is 33.6. The average molecular weight is 385 g/mol. The van der Waals surface area contributed by atoms with Gasteiger partial charge in [-0.15, -0.1) is 11.8 Å². The first-order valence-electron chi connectivity index (χ1n) is 8.78. The summed E-state index contributed by atoms with van der Waals surface area (Å²) in [6, 6.07) is 13.2. The quantitative estimate of drug-likeness (QED) is 0.772. The largest absolute Gasteiger partial charge is 0.353 e. The van der Waals surface area contributed by atoms with E-state index in [-0.39, 0.29) is 18.5 Å². The third-order valence-electron chi connectivity index (χ3n) is 4.29. The second kappa shape index (κ2) is 9.27. The molecule has 2 N–H and O–H groups in total. The first-order valence-corrected chi connectivity index (χ1v) is 10.0. The zero-order chi connectivity index (χ0) is 19.1. The lowest BCUT2D eigenvalue weighted by atomic mass is 10.3. The SMILES string of the molecule is CSc1cccc(NC(=O)CNC(=O)N2CCN(c3ccccn3)CC2)c1. The number of aromatic nitrogens is 1. The summed E-state index contributed by atoms with van der Waals surface area (Å²) in [5.74, 6) is 0.679. The Hall–Kier alpha value is -2.74. The molecule has 1 fully saturated rings. The maximum absolute atomic E-state index is 12.3. The van der Waals surface area contributed by atoms with Crippen LogP contribution in [0.5, 0.6) is 0 Å². The molecule has 8 heteroatoms. The molecule has 1 aliphatic rings. The fourth-order valence-electron chi connectivity index (χ4n) is 2.85. The predicted octanol–water partition coefficient (Wildman–Crippen LogP) is 2.27. The minimum atomic E-state index is -0.242. The molecule has 2 heterocycles. The molecule has 1 saturated heterocycles. The summed E-state index contributed by atoms with van der Waals surface area (Å²) < 4.78 is 0. The smallest absolute Gasteiger partial charge is 0.317 e. The number of piperazine rings is 1. The van der Waals surface area contributed by atoms with Crippen LogP contribution in [0.4, 0.5) is 16.3 Å². The number of rotatable bonds is 5. The molecule has 0 bridgehead atoms. The van der Waals surface area contributed by atoms with Crippen molar-refractivity contribution in [3.05, 3.63) is 48.7 Å². The van der Waals surface area contributed by atoms with E-state index < -0.39 is 0 Å². The van der Waals surface area contributed by atoms with E-state index in [9.17, 15) is 9.59 Å². The Labute approximate surface area is 163 Å². The molecule has 0 saturated carbocycles. The Morgan fingerprint density at radius 1 is 1.11 bits per heavy atom. The zero-order valence-corrected chi connectivity index (χ0v) is 16.0. The lowest BCUT2D eigenvalue weighted by Gasteiger charge is -2.35. The number of thioether (sulfide) groups is 1. The van der Waals surface area contributed by atoms with Crippen LogP contribution in [-0.2, 0) is 4.79 Å². The molecule has 1 aromatic carbocycles. The van der Waals surface area contributed by atoms with Crippen molar-refractivity contribution in [1.82, 2.24) is 15.2 Å². The van der Waals surface area contributed by atoms with Crippen LogP contribution in [0.2, 0.25) is 0 Å². The van der Waals surface area contributed by atoms with E-state index in [1.165, 1.54) is 0 Å². The van der Waals surface area contributed by atoms with Crippen LogP contribution in [0.25, 0.3) is 0 Å². The van der Waals surface area contributed by atoms with Crippen LogP contribution >= 0.6 is 11.8 Å². The second-order valence-corrected chi connectivity index (χ2v) is 6.98. The molecular formula is C19H23N5O2S. The average Bonchev–Trinajstić information content (AvgIpc) is 2.73. The van der Waals surface area contributed by atoms with Crippen molar-refractivity contribution in [1.29, 1.82) is 0 Å². The number of carbonyl (C=O) groups excluding carboxylic acids is 2. The predicted molar refractivity (Wildman–Crippen MR) is 108 cm³/mol. The van der Waals surface area contributed by atoms with Gasteiger partial charge in [0, 0.05) is 43.0 Å². The molecule has 2 aromatic rings. The van der Waals surface area contributed by atoms with Gasteiger partial charge in [0.05, 0.1) is 6.54 Å². The Balaban J connectivity index is 1.42. The van der Waals surface area contributed by atoms with Crippen molar-refractivity contribution < 1.29 is 9.59 Å². The van der Waals surface area contributed by atoms with Crippen molar-refractivity contribution in [2.75, 3.05) is 49.2 Å². The Morgan fingerprint density at radius 2 is 1.93 bits per heavy atom. The summed E-state index contributed by atoms with van der Waals surface area (Å²) >= 11 is 1.61. The van der Waals surface area contributed by atoms with Crippen LogP contribution in [0, 0.1) is 0 Å². The zero-order valence-electron chi connectivity index (χ0n) is 15.2. The molecule has 1 aromatic heterocycles. The number of hydrogen-bond acceptors (Lipinski definition) is 5. The highest BCUT2D eigenvalue weighted by atomic mass is 32.2. The van der Waals surface area contributed by atoms with Crippen molar-refractivity contribution in [3.8, 4) is 0 Å². The van der Waals surface area contributed by atoms with Crippen LogP contribution in [0.3, 0.4) is 0 Å². The number of pyridine rings is 1. The summed E-state index contributed by atoms with van der Waals surface area (Å²) in [5, 5.41) is 5.49. The summed E-state index contributed by atoms with van der Waals surface area (Å²) in [6.45, 7) is 2.58. The van der Waals surface area contributed by atoms with Gasteiger partial charge in [-0.25, -0.2) is 9.78 Å². The number of carbonyl (C=O) groups is 2. The Bertz CT molecular complexity index is 779. The fraction of sp³-hybridized carbons (Fsp3) is 0.316. The highest BCUT2D eigenvalue weighted by Gasteiger charge is 2.22. The van der Waals surface area contributed by atoms with E-state index in [4.69, 9.17) is 0 Å². The van der Waals surface area contributed by atoms with Gasteiger partial charge in [0.15, 0.2) is 0 Å². The summed E-state index contributed by atoms with van der Waals surface area (Å²) in [5.41, 5.74) is 0.727. The second-order valence-electron chi connectivity index (χ2n) is 6.10. The van der Waals surface area contributed by atoms with Crippen molar-refractivity contribution in [3.63, 3.8) is 0 Å². The van der Waals surface area contributed by atoms with Crippen LogP contribution in [0.1, 0.15) is 0 Å². The Morgan fingerprint density at radius 3 is 2.63 bits per heavy atom. The van der Waals surface area contributed by atoms with Gasteiger partial charge in [-0.1, -0.05) is 12.1 Å². The Kier molecular flexibility index (Phi) is 6.54. The van der Waals surface area contributed by atoms with Gasteiger partial charge in [0.25, 0.3) is 0 Å². The maximum atomic E-state index is 12.3. The van der Waals surface area contributed by atoms with E-state index in [0.717, 1.165) is 29.5 Å². The number of nitrogens with zero attached hydrogens (tertiary/aromatic N) is 3. The highest BCUT2D eigenvalue weighted by molar-refractivity contribution is 7.98. The number of amides is 3. The molecule has 0 unspecified atom stereocenters. The van der Waals surface area contributed by atoms with Gasteiger partial charge < -0.3 is 20.4 Å². The number of benzene rings is 1. The molecule has 1 aliphatic heterocycles. The van der Waals surface area contributed by atoms with Crippen LogP contribution in [-0.4, -0.2) is 60.8 Å². The normalized spacial score (nSPS) is 14.0.